The molecule has 4 nitrogen and oxygen atoms in total. The molecule has 4 rings (SSSR count). The highest BCUT2D eigenvalue weighted by Gasteiger charge is 2.59. The number of rotatable bonds is 1. The quantitative estimate of drug-likeness (QED) is 0.799. The molecule has 0 aromatic carbocycles. The van der Waals surface area contributed by atoms with Gasteiger partial charge in [0.05, 0.1) is 12.1 Å². The Labute approximate surface area is 106 Å². The number of aliphatic hydroxyl groups is 1. The van der Waals surface area contributed by atoms with Crippen molar-refractivity contribution in [2.75, 3.05) is 6.54 Å². The van der Waals surface area contributed by atoms with Crippen molar-refractivity contribution in [2.45, 2.75) is 25.0 Å². The Morgan fingerprint density at radius 1 is 1.28 bits per heavy atom. The van der Waals surface area contributed by atoms with E-state index < -0.39 is 0 Å². The van der Waals surface area contributed by atoms with Gasteiger partial charge in [0.1, 0.15) is 0 Å². The van der Waals surface area contributed by atoms with Gasteiger partial charge in [0, 0.05) is 24.5 Å². The standard InChI is InChI=1S/C14H16N2O2/c17-13-9-5-10-7-16(12(13)11(10)6-9)14(18)8-1-3-15-4-2-8/h1-4,9-13,17H,5-7H2/t9-,10-,11+,12+,13-/m0/s1. The van der Waals surface area contributed by atoms with Crippen LogP contribution in [0.15, 0.2) is 24.5 Å². The lowest BCUT2D eigenvalue weighted by molar-refractivity contribution is 0.0402. The molecule has 4 heteroatoms. The van der Waals surface area contributed by atoms with Gasteiger partial charge in [-0.1, -0.05) is 0 Å². The van der Waals surface area contributed by atoms with E-state index in [2.05, 4.69) is 4.98 Å². The molecular weight excluding hydrogens is 228 g/mol. The normalized spacial score (nSPS) is 40.5. The Morgan fingerprint density at radius 3 is 2.78 bits per heavy atom. The van der Waals surface area contributed by atoms with Crippen LogP contribution in [0.1, 0.15) is 23.2 Å². The zero-order chi connectivity index (χ0) is 12.3. The minimum atomic E-state index is -0.306. The van der Waals surface area contributed by atoms with Crippen molar-refractivity contribution in [2.24, 2.45) is 17.8 Å². The second kappa shape index (κ2) is 3.54. The van der Waals surface area contributed by atoms with E-state index in [4.69, 9.17) is 0 Å². The number of nitrogens with zero attached hydrogens (tertiary/aromatic N) is 2. The summed E-state index contributed by atoms with van der Waals surface area (Å²) >= 11 is 0. The molecule has 18 heavy (non-hydrogen) atoms. The number of aliphatic hydroxyl groups excluding tert-OH is 1. The third kappa shape index (κ3) is 1.24. The molecule has 1 aromatic rings. The minimum absolute atomic E-state index is 0.0523. The van der Waals surface area contributed by atoms with E-state index in [-0.39, 0.29) is 18.1 Å². The highest BCUT2D eigenvalue weighted by molar-refractivity contribution is 5.94. The summed E-state index contributed by atoms with van der Waals surface area (Å²) in [4.78, 5) is 18.3. The van der Waals surface area contributed by atoms with E-state index in [1.807, 2.05) is 4.90 Å². The van der Waals surface area contributed by atoms with Gasteiger partial charge in [0.25, 0.3) is 5.91 Å². The van der Waals surface area contributed by atoms with Crippen LogP contribution in [-0.4, -0.2) is 39.6 Å². The fourth-order valence-electron chi connectivity index (χ4n) is 4.31. The fourth-order valence-corrected chi connectivity index (χ4v) is 4.31. The Balaban J connectivity index is 1.65. The third-order valence-corrected chi connectivity index (χ3v) is 5.04. The highest BCUT2D eigenvalue weighted by atomic mass is 16.3. The Bertz CT molecular complexity index is 488. The monoisotopic (exact) mass is 244 g/mol. The van der Waals surface area contributed by atoms with Crippen LogP contribution in [0.2, 0.25) is 0 Å². The molecular formula is C14H16N2O2. The van der Waals surface area contributed by atoms with Crippen molar-refractivity contribution in [3.05, 3.63) is 30.1 Å². The number of hydrogen-bond acceptors (Lipinski definition) is 3. The van der Waals surface area contributed by atoms with Gasteiger partial charge in [-0.25, -0.2) is 0 Å². The molecule has 5 atom stereocenters. The van der Waals surface area contributed by atoms with E-state index in [1.54, 1.807) is 24.5 Å². The Kier molecular flexibility index (Phi) is 2.07. The van der Waals surface area contributed by atoms with Gasteiger partial charge in [-0.15, -0.1) is 0 Å². The highest BCUT2D eigenvalue weighted by Crippen LogP contribution is 2.55. The number of likely N-dealkylation sites (tertiary alicyclic amines) is 1. The van der Waals surface area contributed by atoms with Crippen LogP contribution in [0, 0.1) is 17.8 Å². The number of carbonyl (C=O) groups excluding carboxylic acids is 1. The van der Waals surface area contributed by atoms with Crippen LogP contribution >= 0.6 is 0 Å². The van der Waals surface area contributed by atoms with Crippen LogP contribution in [0.3, 0.4) is 0 Å². The average Bonchev–Trinajstić information content (AvgIpc) is 3.00. The van der Waals surface area contributed by atoms with Crippen molar-refractivity contribution in [3.63, 3.8) is 0 Å². The van der Waals surface area contributed by atoms with Crippen molar-refractivity contribution in [3.8, 4) is 0 Å². The SMILES string of the molecule is O=C(c1ccncc1)N1C[C@@H]2C[C@H]3C[C@H]2[C@@H]1[C@H]3O. The van der Waals surface area contributed by atoms with Crippen molar-refractivity contribution < 1.29 is 9.90 Å². The van der Waals surface area contributed by atoms with Gasteiger partial charge in [-0.3, -0.25) is 9.78 Å². The molecule has 1 saturated heterocycles. The van der Waals surface area contributed by atoms with Gasteiger partial charge >= 0.3 is 0 Å². The van der Waals surface area contributed by atoms with Crippen LogP contribution in [-0.2, 0) is 0 Å². The van der Waals surface area contributed by atoms with E-state index in [0.717, 1.165) is 19.4 Å². The molecule has 1 N–H and O–H groups in total. The lowest BCUT2D eigenvalue weighted by atomic mass is 9.88. The molecule has 0 spiro atoms. The van der Waals surface area contributed by atoms with E-state index in [1.165, 1.54) is 0 Å². The molecule has 3 aliphatic rings. The van der Waals surface area contributed by atoms with Gasteiger partial charge in [-0.05, 0) is 42.7 Å². The van der Waals surface area contributed by atoms with Gasteiger partial charge in [0.15, 0.2) is 0 Å². The molecule has 0 radical (unpaired) electrons. The number of carbonyl (C=O) groups is 1. The lowest BCUT2D eigenvalue weighted by Gasteiger charge is -2.28. The van der Waals surface area contributed by atoms with Crippen LogP contribution in [0.25, 0.3) is 0 Å². The maximum Gasteiger partial charge on any atom is 0.254 e. The summed E-state index contributed by atoms with van der Waals surface area (Å²) in [5.74, 6) is 1.64. The first-order valence-corrected chi connectivity index (χ1v) is 6.65. The molecule has 94 valence electrons. The predicted molar refractivity (Wildman–Crippen MR) is 64.8 cm³/mol. The molecule has 1 aromatic heterocycles. The molecule has 1 amide bonds. The first-order valence-electron chi connectivity index (χ1n) is 6.65. The van der Waals surface area contributed by atoms with Crippen LogP contribution < -0.4 is 0 Å². The fraction of sp³-hybridized carbons (Fsp3) is 0.571. The molecule has 2 bridgehead atoms. The molecule has 0 unspecified atom stereocenters. The summed E-state index contributed by atoms with van der Waals surface area (Å²) in [5.41, 5.74) is 0.682. The maximum absolute atomic E-state index is 12.5. The summed E-state index contributed by atoms with van der Waals surface area (Å²) in [6.07, 6.45) is 5.19. The first kappa shape index (κ1) is 10.5. The summed E-state index contributed by atoms with van der Waals surface area (Å²) in [6.45, 7) is 0.823. The van der Waals surface area contributed by atoms with E-state index >= 15 is 0 Å². The van der Waals surface area contributed by atoms with Gasteiger partial charge in [0.2, 0.25) is 0 Å². The Morgan fingerprint density at radius 2 is 2.06 bits per heavy atom. The molecule has 2 heterocycles. The summed E-state index contributed by atoms with van der Waals surface area (Å²) < 4.78 is 0. The minimum Gasteiger partial charge on any atom is -0.391 e. The van der Waals surface area contributed by atoms with Gasteiger partial charge < -0.3 is 10.0 Å². The number of aromatic nitrogens is 1. The smallest absolute Gasteiger partial charge is 0.254 e. The largest absolute Gasteiger partial charge is 0.391 e. The number of pyridine rings is 1. The topological polar surface area (TPSA) is 53.4 Å². The Hall–Kier alpha value is -1.42. The first-order chi connectivity index (χ1) is 8.75. The lowest BCUT2D eigenvalue weighted by Crippen LogP contribution is -2.43. The summed E-state index contributed by atoms with van der Waals surface area (Å²) in [7, 11) is 0. The zero-order valence-corrected chi connectivity index (χ0v) is 10.1. The van der Waals surface area contributed by atoms with Crippen molar-refractivity contribution in [1.82, 2.24) is 9.88 Å². The number of hydrogen-bond donors (Lipinski definition) is 1. The second-order valence-corrected chi connectivity index (χ2v) is 5.83. The molecule has 1 aliphatic heterocycles. The molecule has 3 fully saturated rings. The van der Waals surface area contributed by atoms with E-state index in [0.29, 0.717) is 23.3 Å². The predicted octanol–water partition coefficient (Wildman–Crippen LogP) is 0.923. The summed E-state index contributed by atoms with van der Waals surface area (Å²) in [6, 6.07) is 3.57. The number of amides is 1. The average molecular weight is 244 g/mol. The van der Waals surface area contributed by atoms with Crippen molar-refractivity contribution in [1.29, 1.82) is 0 Å². The number of fused-ring (bicyclic) bond motifs is 1. The maximum atomic E-state index is 12.5. The van der Waals surface area contributed by atoms with Crippen molar-refractivity contribution >= 4 is 5.91 Å². The molecule has 2 aliphatic carbocycles. The molecule has 2 saturated carbocycles. The summed E-state index contributed by atoms with van der Waals surface area (Å²) in [5, 5.41) is 10.3. The van der Waals surface area contributed by atoms with Crippen LogP contribution in [0.5, 0.6) is 0 Å². The zero-order valence-electron chi connectivity index (χ0n) is 10.1. The van der Waals surface area contributed by atoms with E-state index in [9.17, 15) is 9.90 Å². The third-order valence-electron chi connectivity index (χ3n) is 5.04. The van der Waals surface area contributed by atoms with Gasteiger partial charge in [-0.2, -0.15) is 0 Å². The second-order valence-electron chi connectivity index (χ2n) is 5.83. The van der Waals surface area contributed by atoms with Crippen LogP contribution in [0.4, 0.5) is 0 Å².